The molecular weight excluding hydrogens is 209 g/mol. The van der Waals surface area contributed by atoms with Crippen LogP contribution in [0.1, 0.15) is 23.7 Å². The number of anilines is 1. The molecule has 3 nitrogen and oxygen atoms in total. The Morgan fingerprint density at radius 3 is 2.81 bits per heavy atom. The summed E-state index contributed by atoms with van der Waals surface area (Å²) in [6, 6.07) is 4.22. The highest BCUT2D eigenvalue weighted by molar-refractivity contribution is 5.77. The largest absolute Gasteiger partial charge is 0.388 e. The van der Waals surface area contributed by atoms with E-state index in [1.54, 1.807) is 13.0 Å². The van der Waals surface area contributed by atoms with Crippen molar-refractivity contribution in [2.45, 2.75) is 18.9 Å². The van der Waals surface area contributed by atoms with Gasteiger partial charge in [0.15, 0.2) is 0 Å². The molecular formula is C12H14FNO2. The SMILES string of the molecule is CC1(O)CCN(c2cc(F)cc(C=O)c2)C1. The molecule has 1 aliphatic heterocycles. The van der Waals surface area contributed by atoms with Gasteiger partial charge in [0.1, 0.15) is 12.1 Å². The molecule has 1 aromatic carbocycles. The number of carbonyl (C=O) groups excluding carboxylic acids is 1. The lowest BCUT2D eigenvalue weighted by Crippen LogP contribution is -2.29. The van der Waals surface area contributed by atoms with Crippen LogP contribution in [0.3, 0.4) is 0 Å². The predicted molar refractivity (Wildman–Crippen MR) is 59.2 cm³/mol. The molecule has 86 valence electrons. The van der Waals surface area contributed by atoms with Crippen LogP contribution in [0.2, 0.25) is 0 Å². The van der Waals surface area contributed by atoms with E-state index in [9.17, 15) is 14.3 Å². The lowest BCUT2D eigenvalue weighted by Gasteiger charge is -2.21. The molecule has 0 saturated carbocycles. The summed E-state index contributed by atoms with van der Waals surface area (Å²) in [6.45, 7) is 2.90. The van der Waals surface area contributed by atoms with Crippen molar-refractivity contribution in [1.29, 1.82) is 0 Å². The maximum Gasteiger partial charge on any atom is 0.150 e. The van der Waals surface area contributed by atoms with Crippen LogP contribution in [0.25, 0.3) is 0 Å². The van der Waals surface area contributed by atoms with Crippen LogP contribution < -0.4 is 4.90 Å². The second kappa shape index (κ2) is 3.87. The van der Waals surface area contributed by atoms with Crippen LogP contribution >= 0.6 is 0 Å². The van der Waals surface area contributed by atoms with E-state index in [4.69, 9.17) is 0 Å². The molecule has 0 spiro atoms. The van der Waals surface area contributed by atoms with E-state index < -0.39 is 11.4 Å². The Hall–Kier alpha value is -1.42. The van der Waals surface area contributed by atoms with Gasteiger partial charge in [-0.25, -0.2) is 4.39 Å². The average molecular weight is 223 g/mol. The normalized spacial score (nSPS) is 24.8. The number of nitrogens with zero attached hydrogens (tertiary/aromatic N) is 1. The minimum absolute atomic E-state index is 0.321. The number of β-amino-alcohol motifs (C(OH)–C–C–N with tert-alkyl or cyclic N) is 1. The first-order valence-corrected chi connectivity index (χ1v) is 5.23. The van der Waals surface area contributed by atoms with Crippen LogP contribution in [-0.4, -0.2) is 30.1 Å². The molecule has 0 bridgehead atoms. The van der Waals surface area contributed by atoms with E-state index in [-0.39, 0.29) is 0 Å². The average Bonchev–Trinajstić information content (AvgIpc) is 2.58. The topological polar surface area (TPSA) is 40.5 Å². The zero-order chi connectivity index (χ0) is 11.8. The third-order valence-electron chi connectivity index (χ3n) is 2.86. The summed E-state index contributed by atoms with van der Waals surface area (Å²) in [5, 5.41) is 9.82. The van der Waals surface area contributed by atoms with Crippen LogP contribution in [0.4, 0.5) is 10.1 Å². The van der Waals surface area contributed by atoms with Gasteiger partial charge in [-0.3, -0.25) is 4.79 Å². The van der Waals surface area contributed by atoms with Gasteiger partial charge in [0.2, 0.25) is 0 Å². The Kier molecular flexibility index (Phi) is 2.68. The Morgan fingerprint density at radius 1 is 1.50 bits per heavy atom. The fraction of sp³-hybridized carbons (Fsp3) is 0.417. The van der Waals surface area contributed by atoms with Crippen molar-refractivity contribution in [3.05, 3.63) is 29.6 Å². The summed E-state index contributed by atoms with van der Waals surface area (Å²) in [7, 11) is 0. The predicted octanol–water partition coefficient (Wildman–Crippen LogP) is 1.60. The van der Waals surface area contributed by atoms with Gasteiger partial charge < -0.3 is 10.0 Å². The standard InChI is InChI=1S/C12H14FNO2/c1-12(16)2-3-14(8-12)11-5-9(7-15)4-10(13)6-11/h4-7,16H,2-3,8H2,1H3. The quantitative estimate of drug-likeness (QED) is 0.774. The molecule has 1 fully saturated rings. The third kappa shape index (κ3) is 2.22. The number of aliphatic hydroxyl groups is 1. The molecule has 4 heteroatoms. The highest BCUT2D eigenvalue weighted by atomic mass is 19.1. The first-order valence-electron chi connectivity index (χ1n) is 5.23. The lowest BCUT2D eigenvalue weighted by atomic mass is 10.1. The Balaban J connectivity index is 2.27. The molecule has 1 aliphatic rings. The molecule has 1 atom stereocenters. The number of rotatable bonds is 2. The maximum atomic E-state index is 13.2. The van der Waals surface area contributed by atoms with Crippen molar-refractivity contribution in [3.8, 4) is 0 Å². The zero-order valence-electron chi connectivity index (χ0n) is 9.11. The van der Waals surface area contributed by atoms with Crippen LogP contribution in [-0.2, 0) is 0 Å². The molecule has 0 radical (unpaired) electrons. The van der Waals surface area contributed by atoms with Gasteiger partial charge in [-0.05, 0) is 31.5 Å². The molecule has 1 N–H and O–H groups in total. The number of carbonyl (C=O) groups is 1. The van der Waals surface area contributed by atoms with E-state index in [1.165, 1.54) is 12.1 Å². The fourth-order valence-corrected chi connectivity index (χ4v) is 2.01. The monoisotopic (exact) mass is 223 g/mol. The maximum absolute atomic E-state index is 13.2. The summed E-state index contributed by atoms with van der Waals surface area (Å²) in [4.78, 5) is 12.5. The highest BCUT2D eigenvalue weighted by Crippen LogP contribution is 2.27. The third-order valence-corrected chi connectivity index (χ3v) is 2.86. The zero-order valence-corrected chi connectivity index (χ0v) is 9.11. The van der Waals surface area contributed by atoms with Gasteiger partial charge in [-0.1, -0.05) is 0 Å². The molecule has 1 aromatic rings. The second-order valence-corrected chi connectivity index (χ2v) is 4.53. The smallest absolute Gasteiger partial charge is 0.150 e. The van der Waals surface area contributed by atoms with E-state index in [1.807, 2.05) is 4.90 Å². The van der Waals surface area contributed by atoms with Crippen LogP contribution in [0.5, 0.6) is 0 Å². The van der Waals surface area contributed by atoms with Crippen LogP contribution in [0.15, 0.2) is 18.2 Å². The van der Waals surface area contributed by atoms with E-state index >= 15 is 0 Å². The summed E-state index contributed by atoms with van der Waals surface area (Å²) >= 11 is 0. The molecule has 0 amide bonds. The second-order valence-electron chi connectivity index (χ2n) is 4.53. The van der Waals surface area contributed by atoms with Gasteiger partial charge in [0.25, 0.3) is 0 Å². The first kappa shape index (κ1) is 11.1. The van der Waals surface area contributed by atoms with Crippen molar-refractivity contribution in [1.82, 2.24) is 0 Å². The molecule has 1 saturated heterocycles. The Labute approximate surface area is 93.5 Å². The van der Waals surface area contributed by atoms with Crippen molar-refractivity contribution in [2.75, 3.05) is 18.0 Å². The van der Waals surface area contributed by atoms with Crippen LogP contribution in [0, 0.1) is 5.82 Å². The number of aldehydes is 1. The molecule has 2 rings (SSSR count). The number of halogens is 1. The van der Waals surface area contributed by atoms with Gasteiger partial charge in [-0.15, -0.1) is 0 Å². The summed E-state index contributed by atoms with van der Waals surface area (Å²) in [5.74, 6) is -0.425. The summed E-state index contributed by atoms with van der Waals surface area (Å²) in [5.41, 5.74) is 0.245. The Morgan fingerprint density at radius 2 is 2.25 bits per heavy atom. The number of hydrogen-bond donors (Lipinski definition) is 1. The number of hydrogen-bond acceptors (Lipinski definition) is 3. The highest BCUT2D eigenvalue weighted by Gasteiger charge is 2.31. The van der Waals surface area contributed by atoms with Crippen molar-refractivity contribution in [3.63, 3.8) is 0 Å². The molecule has 1 unspecified atom stereocenters. The minimum atomic E-state index is -0.729. The first-order chi connectivity index (χ1) is 7.50. The van der Waals surface area contributed by atoms with Gasteiger partial charge in [0, 0.05) is 24.3 Å². The van der Waals surface area contributed by atoms with Gasteiger partial charge in [-0.2, -0.15) is 0 Å². The molecule has 0 aliphatic carbocycles. The lowest BCUT2D eigenvalue weighted by molar-refractivity contribution is 0.0839. The van der Waals surface area contributed by atoms with Gasteiger partial charge in [0.05, 0.1) is 5.60 Å². The van der Waals surface area contributed by atoms with Crippen molar-refractivity contribution < 1.29 is 14.3 Å². The molecule has 16 heavy (non-hydrogen) atoms. The fourth-order valence-electron chi connectivity index (χ4n) is 2.01. The van der Waals surface area contributed by atoms with Crippen molar-refractivity contribution >= 4 is 12.0 Å². The summed E-state index contributed by atoms with van der Waals surface area (Å²) < 4.78 is 13.2. The molecule has 1 heterocycles. The van der Waals surface area contributed by atoms with Gasteiger partial charge >= 0.3 is 0 Å². The van der Waals surface area contributed by atoms with E-state index in [0.717, 1.165) is 0 Å². The summed E-state index contributed by atoms with van der Waals surface area (Å²) in [6.07, 6.45) is 1.28. The van der Waals surface area contributed by atoms with E-state index in [2.05, 4.69) is 0 Å². The number of benzene rings is 1. The minimum Gasteiger partial charge on any atom is -0.388 e. The van der Waals surface area contributed by atoms with E-state index in [0.29, 0.717) is 37.0 Å². The molecule has 0 aromatic heterocycles. The Bertz CT molecular complexity index is 417. The van der Waals surface area contributed by atoms with Crippen molar-refractivity contribution in [2.24, 2.45) is 0 Å².